The zero-order valence-corrected chi connectivity index (χ0v) is 13.2. The Kier molecular flexibility index (Phi) is 5.17. The third kappa shape index (κ3) is 3.39. The van der Waals surface area contributed by atoms with Crippen molar-refractivity contribution >= 4 is 27.3 Å². The normalized spacial score (nSPS) is 17.6. The number of nitrogens with zero attached hydrogens (tertiary/aromatic N) is 1. The summed E-state index contributed by atoms with van der Waals surface area (Å²) in [6.45, 7) is 3.52. The summed E-state index contributed by atoms with van der Waals surface area (Å²) in [4.78, 5) is 12.4. The van der Waals surface area contributed by atoms with Crippen molar-refractivity contribution in [3.8, 4) is 0 Å². The minimum atomic E-state index is -3.45. The van der Waals surface area contributed by atoms with E-state index in [1.165, 1.54) is 17.4 Å². The second kappa shape index (κ2) is 6.69. The van der Waals surface area contributed by atoms with Gasteiger partial charge in [-0.15, -0.1) is 11.3 Å². The van der Waals surface area contributed by atoms with Crippen LogP contribution in [0, 0.1) is 0 Å². The van der Waals surface area contributed by atoms with Crippen molar-refractivity contribution in [1.82, 2.24) is 9.62 Å². The third-order valence-corrected chi connectivity index (χ3v) is 6.29. The van der Waals surface area contributed by atoms with E-state index in [1.807, 2.05) is 6.92 Å². The fourth-order valence-electron chi connectivity index (χ4n) is 2.25. The lowest BCUT2D eigenvalue weighted by Gasteiger charge is -2.18. The molecule has 1 aromatic heterocycles. The number of thiophene rings is 1. The predicted octanol–water partition coefficient (Wildman–Crippen LogP) is 2.06. The quantitative estimate of drug-likeness (QED) is 0.924. The van der Waals surface area contributed by atoms with Gasteiger partial charge in [-0.2, -0.15) is 4.31 Å². The lowest BCUT2D eigenvalue weighted by Crippen LogP contribution is -2.31. The van der Waals surface area contributed by atoms with Crippen LogP contribution < -0.4 is 5.32 Å². The fraction of sp³-hybridized carbons (Fsp3) is 0.615. The molecule has 0 radical (unpaired) electrons. The number of carbonyl (C=O) groups excluding carboxylic acids is 1. The summed E-state index contributed by atoms with van der Waals surface area (Å²) in [6.07, 6.45) is 3.98. The van der Waals surface area contributed by atoms with E-state index in [0.717, 1.165) is 25.7 Å². The molecule has 1 saturated heterocycles. The Balaban J connectivity index is 2.19. The molecule has 1 fully saturated rings. The monoisotopic (exact) mass is 316 g/mol. The zero-order valence-electron chi connectivity index (χ0n) is 11.6. The second-order valence-electron chi connectivity index (χ2n) is 4.82. The molecule has 1 aliphatic heterocycles. The zero-order chi connectivity index (χ0) is 14.6. The predicted molar refractivity (Wildman–Crippen MR) is 79.6 cm³/mol. The summed E-state index contributed by atoms with van der Waals surface area (Å²) in [5.74, 6) is -0.213. The van der Waals surface area contributed by atoms with Crippen LogP contribution in [0.3, 0.4) is 0 Å². The summed E-state index contributed by atoms with van der Waals surface area (Å²) in [6, 6.07) is 1.48. The molecule has 0 aliphatic carbocycles. The summed E-state index contributed by atoms with van der Waals surface area (Å²) >= 11 is 1.18. The molecule has 0 saturated carbocycles. The number of nitrogens with one attached hydrogen (secondary N) is 1. The minimum Gasteiger partial charge on any atom is -0.352 e. The molecule has 1 aromatic rings. The van der Waals surface area contributed by atoms with E-state index in [4.69, 9.17) is 0 Å². The molecule has 5 nitrogen and oxygen atoms in total. The Labute approximate surface area is 124 Å². The first kappa shape index (κ1) is 15.5. The van der Waals surface area contributed by atoms with E-state index < -0.39 is 10.0 Å². The van der Waals surface area contributed by atoms with Gasteiger partial charge in [-0.1, -0.05) is 12.8 Å². The number of rotatable bonds is 4. The summed E-state index contributed by atoms with van der Waals surface area (Å²) < 4.78 is 26.6. The number of amides is 1. The smallest absolute Gasteiger partial charge is 0.261 e. The van der Waals surface area contributed by atoms with Gasteiger partial charge in [0.05, 0.1) is 9.77 Å². The highest BCUT2D eigenvalue weighted by molar-refractivity contribution is 7.89. The Morgan fingerprint density at radius 2 is 1.95 bits per heavy atom. The Hall–Kier alpha value is -0.920. The molecule has 0 atom stereocenters. The number of hydrogen-bond acceptors (Lipinski definition) is 4. The van der Waals surface area contributed by atoms with E-state index in [9.17, 15) is 13.2 Å². The van der Waals surface area contributed by atoms with Crippen LogP contribution in [0.15, 0.2) is 16.3 Å². The van der Waals surface area contributed by atoms with Crippen molar-refractivity contribution in [2.24, 2.45) is 0 Å². The van der Waals surface area contributed by atoms with Crippen LogP contribution in [0.2, 0.25) is 0 Å². The topological polar surface area (TPSA) is 66.5 Å². The van der Waals surface area contributed by atoms with Gasteiger partial charge < -0.3 is 5.32 Å². The van der Waals surface area contributed by atoms with E-state index in [0.29, 0.717) is 24.5 Å². The maximum atomic E-state index is 12.5. The number of carbonyl (C=O) groups is 1. The molecule has 2 rings (SSSR count). The van der Waals surface area contributed by atoms with Crippen molar-refractivity contribution in [1.29, 1.82) is 0 Å². The third-order valence-electron chi connectivity index (χ3n) is 3.34. The van der Waals surface area contributed by atoms with Crippen LogP contribution in [0.5, 0.6) is 0 Å². The van der Waals surface area contributed by atoms with E-state index >= 15 is 0 Å². The number of hydrogen-bond donors (Lipinski definition) is 1. The van der Waals surface area contributed by atoms with Crippen molar-refractivity contribution in [3.63, 3.8) is 0 Å². The molecule has 20 heavy (non-hydrogen) atoms. The van der Waals surface area contributed by atoms with Crippen LogP contribution in [0.1, 0.15) is 42.3 Å². The van der Waals surface area contributed by atoms with Crippen molar-refractivity contribution in [2.75, 3.05) is 19.6 Å². The maximum absolute atomic E-state index is 12.5. The van der Waals surface area contributed by atoms with Gasteiger partial charge in [0.2, 0.25) is 10.0 Å². The standard InChI is InChI=1S/C13H20N2O3S2/c1-2-14-13(16)12-9-11(10-19-12)20(17,18)15-7-5-3-4-6-8-15/h9-10H,2-8H2,1H3,(H,14,16). The van der Waals surface area contributed by atoms with Crippen LogP contribution in [-0.2, 0) is 10.0 Å². The highest BCUT2D eigenvalue weighted by Crippen LogP contribution is 2.24. The molecule has 112 valence electrons. The molecule has 7 heteroatoms. The molecule has 0 spiro atoms. The molecular weight excluding hydrogens is 296 g/mol. The van der Waals surface area contributed by atoms with Gasteiger partial charge in [-0.3, -0.25) is 4.79 Å². The van der Waals surface area contributed by atoms with Gasteiger partial charge in [0.15, 0.2) is 0 Å². The molecule has 0 bridgehead atoms. The van der Waals surface area contributed by atoms with Gasteiger partial charge in [0.1, 0.15) is 0 Å². The lowest BCUT2D eigenvalue weighted by atomic mass is 10.2. The molecule has 1 N–H and O–H groups in total. The first-order chi connectivity index (χ1) is 9.55. The number of sulfonamides is 1. The molecular formula is C13H20N2O3S2. The van der Waals surface area contributed by atoms with Gasteiger partial charge >= 0.3 is 0 Å². The fourth-order valence-corrected chi connectivity index (χ4v) is 4.95. The lowest BCUT2D eigenvalue weighted by molar-refractivity contribution is 0.0959. The average Bonchev–Trinajstić information content (AvgIpc) is 2.75. The van der Waals surface area contributed by atoms with E-state index in [1.54, 1.807) is 9.69 Å². The summed E-state index contributed by atoms with van der Waals surface area (Å²) in [5, 5.41) is 4.24. The van der Waals surface area contributed by atoms with Crippen molar-refractivity contribution in [3.05, 3.63) is 16.3 Å². The second-order valence-corrected chi connectivity index (χ2v) is 7.67. The van der Waals surface area contributed by atoms with Gasteiger partial charge in [0.25, 0.3) is 5.91 Å². The van der Waals surface area contributed by atoms with Gasteiger partial charge in [0, 0.05) is 25.0 Å². The SMILES string of the molecule is CCNC(=O)c1cc(S(=O)(=O)N2CCCCCC2)cs1. The molecule has 0 aromatic carbocycles. The first-order valence-corrected chi connectivity index (χ1v) is 9.24. The summed E-state index contributed by atoms with van der Waals surface area (Å²) in [5.41, 5.74) is 0. The van der Waals surface area contributed by atoms with Crippen molar-refractivity contribution < 1.29 is 13.2 Å². The van der Waals surface area contributed by atoms with E-state index in [2.05, 4.69) is 5.32 Å². The van der Waals surface area contributed by atoms with Gasteiger partial charge in [-0.25, -0.2) is 8.42 Å². The minimum absolute atomic E-state index is 0.213. The Morgan fingerprint density at radius 1 is 1.30 bits per heavy atom. The van der Waals surface area contributed by atoms with Gasteiger partial charge in [-0.05, 0) is 25.8 Å². The molecule has 2 heterocycles. The summed E-state index contributed by atoms with van der Waals surface area (Å²) in [7, 11) is -3.45. The maximum Gasteiger partial charge on any atom is 0.261 e. The van der Waals surface area contributed by atoms with Crippen LogP contribution in [-0.4, -0.2) is 38.3 Å². The molecule has 1 amide bonds. The van der Waals surface area contributed by atoms with Crippen molar-refractivity contribution in [2.45, 2.75) is 37.5 Å². The molecule has 1 aliphatic rings. The van der Waals surface area contributed by atoms with Crippen LogP contribution in [0.4, 0.5) is 0 Å². The van der Waals surface area contributed by atoms with Crippen LogP contribution >= 0.6 is 11.3 Å². The Morgan fingerprint density at radius 3 is 2.55 bits per heavy atom. The highest BCUT2D eigenvalue weighted by atomic mass is 32.2. The average molecular weight is 316 g/mol. The molecule has 0 unspecified atom stereocenters. The van der Waals surface area contributed by atoms with Crippen LogP contribution in [0.25, 0.3) is 0 Å². The Bertz CT molecular complexity index is 558. The van der Waals surface area contributed by atoms with E-state index in [-0.39, 0.29) is 10.8 Å². The first-order valence-electron chi connectivity index (χ1n) is 6.92. The largest absolute Gasteiger partial charge is 0.352 e. The highest BCUT2D eigenvalue weighted by Gasteiger charge is 2.26.